The number of ether oxygens (including phenoxy) is 6. The van der Waals surface area contributed by atoms with Crippen LogP contribution in [0.5, 0.6) is 28.7 Å². The molecular weight excluding hydrogens is 544 g/mol. The van der Waals surface area contributed by atoms with Gasteiger partial charge in [0.1, 0.15) is 11.4 Å². The molecule has 1 heterocycles. The Bertz CT molecular complexity index is 1340. The largest absolute Gasteiger partial charge is 0.495 e. The molecule has 1 aliphatic heterocycles. The van der Waals surface area contributed by atoms with Crippen molar-refractivity contribution in [2.75, 3.05) is 46.9 Å². The van der Waals surface area contributed by atoms with Gasteiger partial charge < -0.3 is 39.1 Å². The summed E-state index contributed by atoms with van der Waals surface area (Å²) in [6, 6.07) is 6.96. The van der Waals surface area contributed by atoms with E-state index >= 15 is 0 Å². The highest BCUT2D eigenvalue weighted by atomic mass is 16.6. The predicted molar refractivity (Wildman–Crippen MR) is 158 cm³/mol. The number of rotatable bonds is 11. The SMILES string of the molecule is COc1ccc(C2=CC(=O)COc3c2cc(OC)c(OC)c3OC)cc1NC(=O)CC(C)CCNC(=O)OC(C)(C)C. The molecule has 0 aliphatic carbocycles. The summed E-state index contributed by atoms with van der Waals surface area (Å²) in [5, 5.41) is 5.64. The van der Waals surface area contributed by atoms with Crippen LogP contribution < -0.4 is 34.3 Å². The topological polar surface area (TPSA) is 131 Å². The van der Waals surface area contributed by atoms with Crippen molar-refractivity contribution < 1.29 is 42.8 Å². The summed E-state index contributed by atoms with van der Waals surface area (Å²) >= 11 is 0. The lowest BCUT2D eigenvalue weighted by molar-refractivity contribution is -0.117. The molecule has 2 amide bonds. The molecule has 0 aromatic heterocycles. The summed E-state index contributed by atoms with van der Waals surface area (Å²) in [5.41, 5.74) is 1.60. The van der Waals surface area contributed by atoms with Crippen LogP contribution in [0, 0.1) is 5.92 Å². The highest BCUT2D eigenvalue weighted by Gasteiger charge is 2.28. The quantitative estimate of drug-likeness (QED) is 0.375. The van der Waals surface area contributed by atoms with Crippen molar-refractivity contribution in [2.45, 2.75) is 46.1 Å². The van der Waals surface area contributed by atoms with Gasteiger partial charge in [-0.15, -0.1) is 0 Å². The van der Waals surface area contributed by atoms with Crippen LogP contribution >= 0.6 is 0 Å². The lowest BCUT2D eigenvalue weighted by Gasteiger charge is -2.20. The highest BCUT2D eigenvalue weighted by Crippen LogP contribution is 2.50. The van der Waals surface area contributed by atoms with Gasteiger partial charge in [0.05, 0.1) is 34.1 Å². The van der Waals surface area contributed by atoms with Gasteiger partial charge in [-0.05, 0) is 68.5 Å². The molecule has 2 N–H and O–H groups in total. The Morgan fingerprint density at radius 3 is 2.29 bits per heavy atom. The molecule has 0 saturated heterocycles. The first-order chi connectivity index (χ1) is 19.9. The predicted octanol–water partition coefficient (Wildman–Crippen LogP) is 4.99. The fraction of sp³-hybridized carbons (Fsp3) is 0.452. The maximum absolute atomic E-state index is 13.0. The average molecular weight is 585 g/mol. The van der Waals surface area contributed by atoms with Crippen LogP contribution in [0.25, 0.3) is 5.57 Å². The van der Waals surface area contributed by atoms with E-state index in [4.69, 9.17) is 28.4 Å². The van der Waals surface area contributed by atoms with Crippen LogP contribution in [0.15, 0.2) is 30.3 Å². The number of nitrogens with one attached hydrogen (secondary N) is 2. The molecule has 11 heteroatoms. The van der Waals surface area contributed by atoms with Crippen molar-refractivity contribution >= 4 is 29.0 Å². The summed E-state index contributed by atoms with van der Waals surface area (Å²) in [7, 11) is 5.98. The zero-order valence-electron chi connectivity index (χ0n) is 25.5. The molecule has 1 unspecified atom stereocenters. The summed E-state index contributed by atoms with van der Waals surface area (Å²) in [4.78, 5) is 37.6. The molecule has 228 valence electrons. The number of amides is 2. The van der Waals surface area contributed by atoms with Gasteiger partial charge in [0.25, 0.3) is 0 Å². The monoisotopic (exact) mass is 584 g/mol. The van der Waals surface area contributed by atoms with E-state index in [2.05, 4.69) is 10.6 Å². The number of methoxy groups -OCH3 is 4. The zero-order chi connectivity index (χ0) is 31.0. The summed E-state index contributed by atoms with van der Waals surface area (Å²) in [6.07, 6.45) is 1.80. The number of carbonyl (C=O) groups is 3. The van der Waals surface area contributed by atoms with Gasteiger partial charge >= 0.3 is 6.09 Å². The number of fused-ring (bicyclic) bond motifs is 1. The van der Waals surface area contributed by atoms with Gasteiger partial charge in [0.15, 0.2) is 23.9 Å². The first-order valence-electron chi connectivity index (χ1n) is 13.6. The van der Waals surface area contributed by atoms with Crippen molar-refractivity contribution in [3.63, 3.8) is 0 Å². The van der Waals surface area contributed by atoms with E-state index in [1.165, 1.54) is 34.5 Å². The molecule has 0 saturated carbocycles. The molecule has 2 aromatic carbocycles. The summed E-state index contributed by atoms with van der Waals surface area (Å²) in [6.45, 7) is 7.50. The molecule has 1 aliphatic rings. The van der Waals surface area contributed by atoms with E-state index in [-0.39, 0.29) is 30.6 Å². The molecule has 0 fully saturated rings. The second-order valence-corrected chi connectivity index (χ2v) is 10.8. The van der Waals surface area contributed by atoms with Crippen LogP contribution in [0.4, 0.5) is 10.5 Å². The first kappa shape index (κ1) is 32.1. The smallest absolute Gasteiger partial charge is 0.407 e. The molecule has 11 nitrogen and oxygen atoms in total. The molecule has 3 rings (SSSR count). The van der Waals surface area contributed by atoms with E-state index in [0.717, 1.165) is 0 Å². The van der Waals surface area contributed by atoms with Crippen LogP contribution in [-0.2, 0) is 14.3 Å². The Hall–Kier alpha value is -4.41. The second kappa shape index (κ2) is 14.0. The Morgan fingerprint density at radius 2 is 1.67 bits per heavy atom. The van der Waals surface area contributed by atoms with E-state index in [1.807, 2.05) is 6.92 Å². The third-order valence-electron chi connectivity index (χ3n) is 6.36. The van der Waals surface area contributed by atoms with E-state index in [0.29, 0.717) is 64.1 Å². The number of carbonyl (C=O) groups excluding carboxylic acids is 3. The van der Waals surface area contributed by atoms with Crippen LogP contribution in [0.1, 0.15) is 51.7 Å². The Balaban J connectivity index is 1.84. The zero-order valence-corrected chi connectivity index (χ0v) is 25.5. The molecule has 0 radical (unpaired) electrons. The van der Waals surface area contributed by atoms with Gasteiger partial charge in [-0.2, -0.15) is 0 Å². The lowest BCUT2D eigenvalue weighted by atomic mass is 9.94. The fourth-order valence-corrected chi connectivity index (χ4v) is 4.46. The van der Waals surface area contributed by atoms with Gasteiger partial charge in [-0.1, -0.05) is 13.0 Å². The average Bonchev–Trinajstić information content (AvgIpc) is 3.09. The summed E-state index contributed by atoms with van der Waals surface area (Å²) in [5.74, 6) is 1.32. The third kappa shape index (κ3) is 8.08. The fourth-order valence-electron chi connectivity index (χ4n) is 4.46. The Kier molecular flexibility index (Phi) is 10.7. The minimum atomic E-state index is -0.580. The number of ketones is 1. The molecule has 0 bridgehead atoms. The number of benzene rings is 2. The van der Waals surface area contributed by atoms with Crippen molar-refractivity contribution in [1.82, 2.24) is 5.32 Å². The maximum Gasteiger partial charge on any atom is 0.407 e. The first-order valence-corrected chi connectivity index (χ1v) is 13.6. The van der Waals surface area contributed by atoms with Crippen LogP contribution in [0.2, 0.25) is 0 Å². The standard InChI is InChI=1S/C31H40N2O9/c1-18(11-12-32-30(36)42-31(2,3)4)13-26(35)33-23-14-19(9-10-24(23)37-5)21-15-20(34)17-41-27-22(21)16-25(38-6)28(39-7)29(27)40-8/h9-10,14-16,18H,11-13,17H2,1-8H3,(H,32,36)(H,33,35). The van der Waals surface area contributed by atoms with Gasteiger partial charge in [0, 0.05) is 18.5 Å². The Labute approximate surface area is 246 Å². The van der Waals surface area contributed by atoms with Crippen molar-refractivity contribution in [2.24, 2.45) is 5.92 Å². The van der Waals surface area contributed by atoms with Crippen molar-refractivity contribution in [1.29, 1.82) is 0 Å². The van der Waals surface area contributed by atoms with E-state index in [9.17, 15) is 14.4 Å². The maximum atomic E-state index is 13.0. The highest BCUT2D eigenvalue weighted by molar-refractivity contribution is 6.04. The Morgan fingerprint density at radius 1 is 0.976 bits per heavy atom. The van der Waals surface area contributed by atoms with E-state index in [1.54, 1.807) is 45.0 Å². The second-order valence-electron chi connectivity index (χ2n) is 10.8. The van der Waals surface area contributed by atoms with Gasteiger partial charge in [-0.3, -0.25) is 9.59 Å². The summed E-state index contributed by atoms with van der Waals surface area (Å²) < 4.78 is 33.2. The molecule has 42 heavy (non-hydrogen) atoms. The number of hydrogen-bond acceptors (Lipinski definition) is 9. The molecule has 2 aromatic rings. The van der Waals surface area contributed by atoms with Gasteiger partial charge in [0.2, 0.25) is 17.4 Å². The number of anilines is 1. The van der Waals surface area contributed by atoms with E-state index < -0.39 is 11.7 Å². The molecule has 1 atom stereocenters. The molecular formula is C31H40N2O9. The van der Waals surface area contributed by atoms with Crippen molar-refractivity contribution in [3.05, 3.63) is 41.5 Å². The minimum absolute atomic E-state index is 0.0183. The van der Waals surface area contributed by atoms with Crippen LogP contribution in [-0.4, -0.2) is 65.0 Å². The normalized spacial score (nSPS) is 13.4. The lowest BCUT2D eigenvalue weighted by Crippen LogP contribution is -2.33. The number of alkyl carbamates (subject to hydrolysis) is 1. The molecule has 0 spiro atoms. The van der Waals surface area contributed by atoms with Crippen molar-refractivity contribution in [3.8, 4) is 28.7 Å². The van der Waals surface area contributed by atoms with Crippen LogP contribution in [0.3, 0.4) is 0 Å². The van der Waals surface area contributed by atoms with Gasteiger partial charge in [-0.25, -0.2) is 4.79 Å². The number of hydrogen-bond donors (Lipinski definition) is 2. The minimum Gasteiger partial charge on any atom is -0.495 e. The third-order valence-corrected chi connectivity index (χ3v) is 6.36.